The highest BCUT2D eigenvalue weighted by molar-refractivity contribution is 7.98. The van der Waals surface area contributed by atoms with Crippen molar-refractivity contribution in [3.8, 4) is 5.75 Å². The smallest absolute Gasteiger partial charge is 0.240 e. The Kier molecular flexibility index (Phi) is 6.98. The molecule has 0 heterocycles. The van der Waals surface area contributed by atoms with Gasteiger partial charge in [-0.3, -0.25) is 0 Å². The molecule has 7 heteroatoms. The maximum atomic E-state index is 12.3. The minimum Gasteiger partial charge on any atom is -0.496 e. The van der Waals surface area contributed by atoms with E-state index in [9.17, 15) is 8.42 Å². The second-order valence-corrected chi connectivity index (χ2v) is 8.45. The predicted molar refractivity (Wildman–Crippen MR) is 101 cm³/mol. The molecular weight excluding hydrogens is 366 g/mol. The Balaban J connectivity index is 1.85. The first-order valence-electron chi connectivity index (χ1n) is 7.39. The SMILES string of the molecule is COc1ccc(S(=O)(=O)NCCSCc2ccccc2Cl)cc1C. The lowest BCUT2D eigenvalue weighted by molar-refractivity contribution is 0.411. The lowest BCUT2D eigenvalue weighted by Crippen LogP contribution is -2.26. The lowest BCUT2D eigenvalue weighted by atomic mass is 10.2. The summed E-state index contributed by atoms with van der Waals surface area (Å²) in [4.78, 5) is 0.247. The van der Waals surface area contributed by atoms with Gasteiger partial charge in [0.25, 0.3) is 0 Å². The number of rotatable bonds is 8. The van der Waals surface area contributed by atoms with Gasteiger partial charge < -0.3 is 4.74 Å². The number of thioether (sulfide) groups is 1. The molecule has 0 atom stereocenters. The van der Waals surface area contributed by atoms with Crippen LogP contribution >= 0.6 is 23.4 Å². The Morgan fingerprint density at radius 2 is 1.96 bits per heavy atom. The predicted octanol–water partition coefficient (Wildman–Crippen LogP) is 3.87. The van der Waals surface area contributed by atoms with Gasteiger partial charge in [-0.15, -0.1) is 0 Å². The Morgan fingerprint density at radius 3 is 2.62 bits per heavy atom. The Bertz CT molecular complexity index is 794. The minimum atomic E-state index is -3.51. The summed E-state index contributed by atoms with van der Waals surface area (Å²) >= 11 is 7.73. The van der Waals surface area contributed by atoms with Gasteiger partial charge >= 0.3 is 0 Å². The molecule has 0 spiro atoms. The van der Waals surface area contributed by atoms with E-state index in [1.165, 1.54) is 0 Å². The third-order valence-electron chi connectivity index (χ3n) is 3.43. The van der Waals surface area contributed by atoms with Crippen LogP contribution < -0.4 is 9.46 Å². The molecule has 0 saturated carbocycles. The van der Waals surface area contributed by atoms with Gasteiger partial charge in [-0.05, 0) is 42.3 Å². The van der Waals surface area contributed by atoms with Gasteiger partial charge in [-0.25, -0.2) is 13.1 Å². The molecule has 2 aromatic carbocycles. The largest absolute Gasteiger partial charge is 0.496 e. The molecule has 0 fully saturated rings. The van der Waals surface area contributed by atoms with Gasteiger partial charge in [0.05, 0.1) is 12.0 Å². The number of sulfonamides is 1. The third kappa shape index (κ3) is 5.14. The van der Waals surface area contributed by atoms with E-state index in [-0.39, 0.29) is 4.90 Å². The van der Waals surface area contributed by atoms with Gasteiger partial charge in [0, 0.05) is 23.1 Å². The molecular formula is C17H20ClNO3S2. The van der Waals surface area contributed by atoms with Crippen LogP contribution in [0.25, 0.3) is 0 Å². The second-order valence-electron chi connectivity index (χ2n) is 5.17. The van der Waals surface area contributed by atoms with Crippen molar-refractivity contribution in [1.82, 2.24) is 4.72 Å². The second kappa shape index (κ2) is 8.76. The number of nitrogens with one attached hydrogen (secondary N) is 1. The van der Waals surface area contributed by atoms with E-state index in [2.05, 4.69) is 4.72 Å². The first-order valence-corrected chi connectivity index (χ1v) is 10.4. The molecule has 0 aromatic heterocycles. The average Bonchev–Trinajstić information content (AvgIpc) is 2.56. The van der Waals surface area contributed by atoms with Gasteiger partial charge in [0.15, 0.2) is 0 Å². The van der Waals surface area contributed by atoms with Crippen molar-refractivity contribution in [2.24, 2.45) is 0 Å². The monoisotopic (exact) mass is 385 g/mol. The van der Waals surface area contributed by atoms with Crippen LogP contribution in [0, 0.1) is 6.92 Å². The lowest BCUT2D eigenvalue weighted by Gasteiger charge is -2.10. The van der Waals surface area contributed by atoms with Crippen molar-refractivity contribution in [3.63, 3.8) is 0 Å². The van der Waals surface area contributed by atoms with Crippen molar-refractivity contribution < 1.29 is 13.2 Å². The molecule has 0 aliphatic heterocycles. The van der Waals surface area contributed by atoms with Crippen LogP contribution in [0.3, 0.4) is 0 Å². The summed E-state index contributed by atoms with van der Waals surface area (Å²) in [5, 5.41) is 0.735. The number of aryl methyl sites for hydroxylation is 1. The summed E-state index contributed by atoms with van der Waals surface area (Å²) in [5.74, 6) is 2.09. The average molecular weight is 386 g/mol. The third-order valence-corrected chi connectivity index (χ3v) is 6.27. The van der Waals surface area contributed by atoms with E-state index < -0.39 is 10.0 Å². The summed E-state index contributed by atoms with van der Waals surface area (Å²) in [5.41, 5.74) is 1.84. The normalized spacial score (nSPS) is 11.5. The topological polar surface area (TPSA) is 55.4 Å². The van der Waals surface area contributed by atoms with Crippen molar-refractivity contribution in [2.75, 3.05) is 19.4 Å². The van der Waals surface area contributed by atoms with Crippen LogP contribution in [-0.2, 0) is 15.8 Å². The zero-order valence-corrected chi connectivity index (χ0v) is 16.0. The maximum Gasteiger partial charge on any atom is 0.240 e. The Labute approximate surface area is 152 Å². The summed E-state index contributed by atoms with van der Waals surface area (Å²) < 4.78 is 32.3. The zero-order valence-electron chi connectivity index (χ0n) is 13.6. The first kappa shape index (κ1) is 19.1. The van der Waals surface area contributed by atoms with E-state index in [0.29, 0.717) is 18.0 Å². The molecule has 0 amide bonds. The summed E-state index contributed by atoms with van der Waals surface area (Å²) in [6, 6.07) is 12.5. The molecule has 0 bridgehead atoms. The fraction of sp³-hybridized carbons (Fsp3) is 0.294. The number of halogens is 1. The molecule has 0 radical (unpaired) electrons. The van der Waals surface area contributed by atoms with Crippen LogP contribution in [0.2, 0.25) is 5.02 Å². The molecule has 0 unspecified atom stereocenters. The first-order chi connectivity index (χ1) is 11.4. The molecule has 130 valence electrons. The Morgan fingerprint density at radius 1 is 1.21 bits per heavy atom. The highest BCUT2D eigenvalue weighted by Gasteiger charge is 2.14. The molecule has 0 aliphatic carbocycles. The highest BCUT2D eigenvalue weighted by atomic mass is 35.5. The fourth-order valence-corrected chi connectivity index (χ4v) is 4.54. The van der Waals surface area contributed by atoms with Crippen molar-refractivity contribution in [3.05, 3.63) is 58.6 Å². The highest BCUT2D eigenvalue weighted by Crippen LogP contribution is 2.22. The summed E-state index contributed by atoms with van der Waals surface area (Å²) in [6.07, 6.45) is 0. The van der Waals surface area contributed by atoms with Crippen LogP contribution in [0.4, 0.5) is 0 Å². The van der Waals surface area contributed by atoms with E-state index in [4.69, 9.17) is 16.3 Å². The fourth-order valence-electron chi connectivity index (χ4n) is 2.15. The van der Waals surface area contributed by atoms with Crippen molar-refractivity contribution >= 4 is 33.4 Å². The molecule has 0 saturated heterocycles. The molecule has 2 rings (SSSR count). The minimum absolute atomic E-state index is 0.247. The molecule has 2 aromatic rings. The maximum absolute atomic E-state index is 12.3. The van der Waals surface area contributed by atoms with Crippen LogP contribution in [0.15, 0.2) is 47.4 Å². The van der Waals surface area contributed by atoms with Crippen LogP contribution in [0.5, 0.6) is 5.75 Å². The van der Waals surface area contributed by atoms with E-state index in [0.717, 1.165) is 21.9 Å². The van der Waals surface area contributed by atoms with Gasteiger partial charge in [0.1, 0.15) is 5.75 Å². The van der Waals surface area contributed by atoms with Crippen molar-refractivity contribution in [1.29, 1.82) is 0 Å². The number of benzene rings is 2. The van der Waals surface area contributed by atoms with E-state index >= 15 is 0 Å². The van der Waals surface area contributed by atoms with Gasteiger partial charge in [-0.2, -0.15) is 11.8 Å². The molecule has 0 aliphatic rings. The molecule has 24 heavy (non-hydrogen) atoms. The molecule has 1 N–H and O–H groups in total. The number of hydrogen-bond donors (Lipinski definition) is 1. The summed E-state index contributed by atoms with van der Waals surface area (Å²) in [6.45, 7) is 2.18. The zero-order chi connectivity index (χ0) is 17.6. The summed E-state index contributed by atoms with van der Waals surface area (Å²) in [7, 11) is -1.95. The van der Waals surface area contributed by atoms with Gasteiger partial charge in [-0.1, -0.05) is 29.8 Å². The molecule has 4 nitrogen and oxygen atoms in total. The van der Waals surface area contributed by atoms with E-state index in [1.54, 1.807) is 37.1 Å². The van der Waals surface area contributed by atoms with E-state index in [1.807, 2.05) is 31.2 Å². The van der Waals surface area contributed by atoms with Crippen LogP contribution in [0.1, 0.15) is 11.1 Å². The van der Waals surface area contributed by atoms with Crippen molar-refractivity contribution in [2.45, 2.75) is 17.6 Å². The standard InChI is InChI=1S/C17H20ClNO3S2/c1-13-11-15(7-8-17(13)22-2)24(20,21)19-9-10-23-12-14-5-3-4-6-16(14)18/h3-8,11,19H,9-10,12H2,1-2H3. The number of methoxy groups -OCH3 is 1. The van der Waals surface area contributed by atoms with Gasteiger partial charge in [0.2, 0.25) is 10.0 Å². The number of ether oxygens (including phenoxy) is 1. The quantitative estimate of drug-likeness (QED) is 0.701. The Hall–Kier alpha value is -1.21. The van der Waals surface area contributed by atoms with Crippen LogP contribution in [-0.4, -0.2) is 27.8 Å². The number of hydrogen-bond acceptors (Lipinski definition) is 4.